The molecule has 1 aliphatic heterocycles. The van der Waals surface area contributed by atoms with Gasteiger partial charge in [0.15, 0.2) is 24.8 Å². The van der Waals surface area contributed by atoms with Crippen molar-refractivity contribution in [2.45, 2.75) is 47.5 Å². The molecular formula is C49H67N13O10S+4. The van der Waals surface area contributed by atoms with Gasteiger partial charge in [0.1, 0.15) is 11.3 Å². The molecule has 11 N–H and O–H groups in total. The molecule has 0 spiro atoms. The van der Waals surface area contributed by atoms with E-state index in [0.29, 0.717) is 66.8 Å². The summed E-state index contributed by atoms with van der Waals surface area (Å²) < 4.78 is 14.5. The molecule has 1 fully saturated rings. The molecule has 5 amide bonds. The number of nitrogens with one attached hydrogen (secondary N) is 9. The molecule has 2 aromatic carbocycles. The van der Waals surface area contributed by atoms with Gasteiger partial charge in [0.05, 0.1) is 32.1 Å². The largest absolute Gasteiger partial charge is 0.499 e. The van der Waals surface area contributed by atoms with E-state index >= 15 is 0 Å². The molecule has 73 heavy (non-hydrogen) atoms. The average molecular weight is 1030 g/mol. The molecule has 1 aliphatic rings. The summed E-state index contributed by atoms with van der Waals surface area (Å²) in [6.45, 7) is 13.0. The van der Waals surface area contributed by atoms with E-state index in [4.69, 9.17) is 19.4 Å². The first-order valence-corrected chi connectivity index (χ1v) is 24.8. The van der Waals surface area contributed by atoms with Crippen molar-refractivity contribution in [2.75, 3.05) is 87.9 Å². The zero-order valence-corrected chi connectivity index (χ0v) is 42.4. The number of amides is 5. The number of rotatable bonds is 26. The molecule has 0 bridgehead atoms. The van der Waals surface area contributed by atoms with Gasteiger partial charge in [-0.15, -0.1) is 0 Å². The third-order valence-electron chi connectivity index (χ3n) is 10.6. The van der Waals surface area contributed by atoms with Gasteiger partial charge >= 0.3 is 30.0 Å². The van der Waals surface area contributed by atoms with Crippen LogP contribution in [0.25, 0.3) is 6.20 Å². The Labute approximate surface area is 427 Å². The Morgan fingerprint density at radius 2 is 1.63 bits per heavy atom. The van der Waals surface area contributed by atoms with Gasteiger partial charge in [0, 0.05) is 90.4 Å². The standard InChI is InChI=1S/C49H63N13O10S/c1-34-22-38(28-61(26-34)30-44(64)55-41-7-9-43(37(4)25-41)57-58-48(68)46(66)50-10-5-14-60-15-18-70-19-16-60)31-72-54-13-21-73-20-12-52-45(65)39-23-35(2)27-62(29-39)33-71-32-53-40-6-8-42(36(3)24-40)56-59-49(69)47(67)51-11-17-63/h6-9,22-30,32,54,63H,5,10-21,31,33H2,1-4H3,(H5-2,50,51,52,55,56,57,58,59,64,65,66,67,68,69)/p+4/b44-30+,53-32?. The SMILES string of the molecule is Cc1cc(CONCCSCCNC(=O)c2cc(C)c[n+](COC=[NH+]c3ccc(NNC(=O)C(=O)NCCO)c(C)c3)c2)c[n+](/C=C(/O)Nc2ccc(N=[NH+]C(=O)C(=O)NCCCN3CCOCC3)c(C)c2)c1. The lowest BCUT2D eigenvalue weighted by atomic mass is 10.2. The molecule has 3 heterocycles. The number of hydrogen-bond donors (Lipinski definition) is 11. The lowest BCUT2D eigenvalue weighted by Gasteiger charge is -2.26. The molecule has 23 nitrogen and oxygen atoms in total. The Kier molecular flexibility index (Phi) is 23.6. The number of hydrogen-bond acceptors (Lipinski definition) is 16. The average Bonchev–Trinajstić information content (AvgIpc) is 3.36. The van der Waals surface area contributed by atoms with Crippen molar-refractivity contribution in [2.24, 2.45) is 5.11 Å². The first-order chi connectivity index (χ1) is 35.3. The lowest BCUT2D eigenvalue weighted by Crippen LogP contribution is -2.75. The van der Waals surface area contributed by atoms with E-state index in [1.807, 2.05) is 57.6 Å². The van der Waals surface area contributed by atoms with Gasteiger partial charge in [-0.25, -0.2) is 10.3 Å². The van der Waals surface area contributed by atoms with Crippen LogP contribution in [0.3, 0.4) is 0 Å². The van der Waals surface area contributed by atoms with Gasteiger partial charge in [-0.05, 0) is 88.2 Å². The van der Waals surface area contributed by atoms with E-state index in [1.165, 1.54) is 12.6 Å². The number of carbonyl (C=O) groups is 5. The summed E-state index contributed by atoms with van der Waals surface area (Å²) in [5.41, 5.74) is 15.0. The number of nitrogens with zero attached hydrogens (tertiary/aromatic N) is 4. The predicted octanol–water partition coefficient (Wildman–Crippen LogP) is -1.40. The maximum absolute atomic E-state index is 13.0. The highest BCUT2D eigenvalue weighted by atomic mass is 32.2. The van der Waals surface area contributed by atoms with Crippen LogP contribution in [0.4, 0.5) is 22.7 Å². The van der Waals surface area contributed by atoms with Crippen LogP contribution in [0.1, 0.15) is 44.6 Å². The lowest BCUT2D eigenvalue weighted by molar-refractivity contribution is -0.727. The van der Waals surface area contributed by atoms with E-state index in [2.05, 4.69) is 57.7 Å². The Balaban J connectivity index is 0.946. The molecule has 0 radical (unpaired) electrons. The number of benzene rings is 2. The minimum Gasteiger partial charge on any atom is -0.490 e. The van der Waals surface area contributed by atoms with Crippen molar-refractivity contribution >= 4 is 76.6 Å². The van der Waals surface area contributed by atoms with Crippen LogP contribution in [0.5, 0.6) is 0 Å². The van der Waals surface area contributed by atoms with E-state index in [1.54, 1.807) is 64.3 Å². The van der Waals surface area contributed by atoms with Crippen LogP contribution < -0.4 is 56.8 Å². The molecule has 4 aromatic rings. The van der Waals surface area contributed by atoms with Gasteiger partial charge in [-0.3, -0.25) is 39.8 Å². The highest BCUT2D eigenvalue weighted by Gasteiger charge is 2.20. The third kappa shape index (κ3) is 20.7. The number of thioether (sulfide) groups is 1. The van der Waals surface area contributed by atoms with Crippen molar-refractivity contribution in [1.82, 2.24) is 31.8 Å². The number of hydroxylamine groups is 1. The Morgan fingerprint density at radius 1 is 0.849 bits per heavy atom. The Bertz CT molecular complexity index is 2610. The number of carbonyl (C=O) groups excluding carboxylic acids is 5. The summed E-state index contributed by atoms with van der Waals surface area (Å²) in [4.78, 5) is 72.1. The normalized spacial score (nSPS) is 12.9. The molecule has 24 heteroatoms. The summed E-state index contributed by atoms with van der Waals surface area (Å²) in [5, 5.41) is 36.8. The molecule has 5 rings (SSSR count). The number of aromatic nitrogens is 2. The van der Waals surface area contributed by atoms with Crippen LogP contribution in [0.15, 0.2) is 84.3 Å². The number of aliphatic hydroxyl groups excluding tert-OH is 2. The highest BCUT2D eigenvalue weighted by Crippen LogP contribution is 2.22. The van der Waals surface area contributed by atoms with Gasteiger partial charge in [0.25, 0.3) is 18.5 Å². The summed E-state index contributed by atoms with van der Waals surface area (Å²) in [6.07, 6.45) is 11.0. The van der Waals surface area contributed by atoms with Crippen molar-refractivity contribution in [3.8, 4) is 0 Å². The number of anilines is 2. The molecule has 0 atom stereocenters. The number of aliphatic hydroxyl groups is 2. The van der Waals surface area contributed by atoms with Crippen LogP contribution in [-0.2, 0) is 46.8 Å². The smallest absolute Gasteiger partial charge is 0.490 e. The topological polar surface area (TPSA) is 289 Å². The Morgan fingerprint density at radius 3 is 2.41 bits per heavy atom. The van der Waals surface area contributed by atoms with Crippen LogP contribution in [0.2, 0.25) is 0 Å². The number of ether oxygens (including phenoxy) is 2. The van der Waals surface area contributed by atoms with Gasteiger partial charge < -0.3 is 41.0 Å². The molecule has 0 saturated carbocycles. The molecule has 1 saturated heterocycles. The zero-order valence-electron chi connectivity index (χ0n) is 41.5. The summed E-state index contributed by atoms with van der Waals surface area (Å²) in [7, 11) is 0. The van der Waals surface area contributed by atoms with Crippen molar-refractivity contribution in [1.29, 1.82) is 0 Å². The fourth-order valence-corrected chi connectivity index (χ4v) is 7.73. The van der Waals surface area contributed by atoms with Crippen molar-refractivity contribution in [3.05, 3.63) is 113 Å². The summed E-state index contributed by atoms with van der Waals surface area (Å²) >= 11 is 1.67. The number of hydrazine groups is 1. The minimum atomic E-state index is -0.888. The van der Waals surface area contributed by atoms with Gasteiger partial charge in [-0.2, -0.15) is 25.9 Å². The molecule has 390 valence electrons. The molecular weight excluding hydrogens is 963 g/mol. The first-order valence-electron chi connectivity index (χ1n) is 23.6. The summed E-state index contributed by atoms with van der Waals surface area (Å²) in [5.74, 6) is -2.22. The number of aryl methyl sites for hydroxylation is 4. The maximum Gasteiger partial charge on any atom is 0.499 e. The fraction of sp³-hybridized carbons (Fsp3) is 0.388. The third-order valence-corrected chi connectivity index (χ3v) is 11.5. The molecule has 2 aromatic heterocycles. The van der Waals surface area contributed by atoms with Crippen molar-refractivity contribution in [3.63, 3.8) is 0 Å². The quantitative estimate of drug-likeness (QED) is 0.00505. The second kappa shape index (κ2) is 30.5. The summed E-state index contributed by atoms with van der Waals surface area (Å²) in [6, 6.07) is 14.2. The number of morpholine rings is 1. The van der Waals surface area contributed by atoms with E-state index in [9.17, 15) is 29.1 Å². The maximum atomic E-state index is 13.0. The predicted molar refractivity (Wildman–Crippen MR) is 271 cm³/mol. The fourth-order valence-electron chi connectivity index (χ4n) is 7.05. The highest BCUT2D eigenvalue weighted by molar-refractivity contribution is 7.99. The molecule has 0 aliphatic carbocycles. The number of azo groups is 1. The monoisotopic (exact) mass is 1030 g/mol. The minimum absolute atomic E-state index is 0.0230. The Hall–Kier alpha value is -7.35. The van der Waals surface area contributed by atoms with Crippen molar-refractivity contribution < 1.29 is 67.7 Å². The van der Waals surface area contributed by atoms with Gasteiger partial charge in [-0.1, -0.05) is 5.11 Å². The van der Waals surface area contributed by atoms with Crippen LogP contribution >= 0.6 is 11.8 Å². The van der Waals surface area contributed by atoms with Gasteiger partial charge in [0.2, 0.25) is 11.9 Å². The van der Waals surface area contributed by atoms with Crippen LogP contribution in [0, 0.1) is 27.7 Å². The number of pyridine rings is 2. The van der Waals surface area contributed by atoms with Crippen LogP contribution in [-0.4, -0.2) is 128 Å². The second-order valence-electron chi connectivity index (χ2n) is 16.7. The van der Waals surface area contributed by atoms with E-state index in [-0.39, 0.29) is 38.3 Å². The molecule has 0 unspecified atom stereocenters. The second-order valence-corrected chi connectivity index (χ2v) is 18.0. The van der Waals surface area contributed by atoms with E-state index in [0.717, 1.165) is 59.7 Å². The zero-order chi connectivity index (χ0) is 52.4. The van der Waals surface area contributed by atoms with E-state index < -0.39 is 23.6 Å². The first kappa shape index (κ1) is 56.6.